The molecule has 0 aromatic heterocycles. The summed E-state index contributed by atoms with van der Waals surface area (Å²) in [6.07, 6.45) is 11.0. The molecule has 0 saturated carbocycles. The summed E-state index contributed by atoms with van der Waals surface area (Å²) in [4.78, 5) is 25.7. The molecule has 2 heterocycles. The van der Waals surface area contributed by atoms with Crippen molar-refractivity contribution in [3.05, 3.63) is 35.9 Å². The maximum atomic E-state index is 12.8. The van der Waals surface area contributed by atoms with Crippen molar-refractivity contribution in [2.45, 2.75) is 109 Å². The molecular weight excluding hydrogens is 453 g/mol. The second-order valence-electron chi connectivity index (χ2n) is 10.4. The van der Waals surface area contributed by atoms with Gasteiger partial charge in [0.25, 0.3) is 0 Å². The zero-order valence-electron chi connectivity index (χ0n) is 21.4. The van der Waals surface area contributed by atoms with Gasteiger partial charge in [-0.15, -0.1) is 0 Å². The van der Waals surface area contributed by atoms with Crippen molar-refractivity contribution >= 4 is 19.4 Å². The Balaban J connectivity index is 1.75. The van der Waals surface area contributed by atoms with E-state index in [2.05, 4.69) is 12.2 Å². The molecule has 0 aliphatic carbocycles. The first-order chi connectivity index (χ1) is 16.0. The molecule has 2 fully saturated rings. The molecule has 1 spiro atoms. The second-order valence-corrected chi connectivity index (χ2v) is 13.4. The summed E-state index contributed by atoms with van der Waals surface area (Å²) in [5.41, 5.74) is -1.82. The van der Waals surface area contributed by atoms with Gasteiger partial charge in [0.15, 0.2) is 0 Å². The number of rotatable bonds is 13. The minimum absolute atomic E-state index is 0.596. The number of hydrogen-bond donors (Lipinski definition) is 1. The number of hydrogen-bond acceptors (Lipinski definition) is 7. The monoisotopic (exact) mass is 495 g/mol. The molecule has 1 aromatic carbocycles. The van der Waals surface area contributed by atoms with Gasteiger partial charge in [0.05, 0.1) is 0 Å². The van der Waals surface area contributed by atoms with Gasteiger partial charge in [0.2, 0.25) is 0 Å². The molecule has 3 rings (SSSR count). The van der Waals surface area contributed by atoms with Crippen molar-refractivity contribution in [2.24, 2.45) is 0 Å². The third-order valence-corrected chi connectivity index (χ3v) is 10.3. The van der Waals surface area contributed by atoms with Crippen LogP contribution in [0.1, 0.15) is 104 Å². The van der Waals surface area contributed by atoms with Crippen LogP contribution in [0.3, 0.4) is 0 Å². The molecule has 8 heteroatoms. The molecule has 1 N–H and O–H groups in total. The van der Waals surface area contributed by atoms with Gasteiger partial charge in [-0.1, -0.05) is 6.92 Å². The van der Waals surface area contributed by atoms with Crippen LogP contribution in [0.25, 0.3) is 0 Å². The predicted octanol–water partition coefficient (Wildman–Crippen LogP) is 6.72. The number of carbonyl (C=O) groups excluding carboxylic acids is 2. The van der Waals surface area contributed by atoms with Gasteiger partial charge in [-0.2, -0.15) is 0 Å². The molecule has 192 valence electrons. The van der Waals surface area contributed by atoms with Crippen molar-refractivity contribution in [3.8, 4) is 0 Å². The van der Waals surface area contributed by atoms with Crippen molar-refractivity contribution in [3.63, 3.8) is 0 Å². The van der Waals surface area contributed by atoms with Gasteiger partial charge >= 0.3 is 197 Å². The van der Waals surface area contributed by atoms with Gasteiger partial charge in [-0.05, 0) is 0 Å². The van der Waals surface area contributed by atoms with Crippen LogP contribution in [0, 0.1) is 0 Å². The average molecular weight is 496 g/mol. The zero-order chi connectivity index (χ0) is 24.9. The Labute approximate surface area is 204 Å². The van der Waals surface area contributed by atoms with Gasteiger partial charge in [0.1, 0.15) is 0 Å². The fraction of sp³-hybridized carbons (Fsp3) is 0.692. The van der Waals surface area contributed by atoms with Crippen LogP contribution >= 0.6 is 7.51 Å². The molecule has 0 bridgehead atoms. The molecule has 2 aliphatic heterocycles. The van der Waals surface area contributed by atoms with Crippen LogP contribution in [0.15, 0.2) is 30.3 Å². The van der Waals surface area contributed by atoms with Crippen LogP contribution in [0.2, 0.25) is 0 Å². The first-order valence-corrected chi connectivity index (χ1v) is 14.7. The fourth-order valence-electron chi connectivity index (χ4n) is 4.56. The standard InChI is InChI=1S/C26H42NO6P/c1-6-7-8-9-10-11-12-13-17-20-27-22(21-18-15-14-16-19-21)34(30-23(28)25(2,3)32-34)31-24(29)26(4,5)33-34/h14-16,18-19,22,27H,6-13,17,20H2,1-5H3. The number of nitrogens with one attached hydrogen (secondary N) is 1. The van der Waals surface area contributed by atoms with Crippen LogP contribution in [-0.4, -0.2) is 29.7 Å². The summed E-state index contributed by atoms with van der Waals surface area (Å²) in [5.74, 6) is -1.93. The normalized spacial score (nSPS) is 23.7. The van der Waals surface area contributed by atoms with Gasteiger partial charge in [0, 0.05) is 0 Å². The first kappa shape index (κ1) is 27.1. The maximum absolute atomic E-state index is 12.8. The number of unbranched alkanes of at least 4 members (excludes halogenated alkanes) is 8. The van der Waals surface area contributed by atoms with Crippen molar-refractivity contribution in [2.75, 3.05) is 6.54 Å². The fourth-order valence-corrected chi connectivity index (χ4v) is 9.12. The van der Waals surface area contributed by atoms with Crippen molar-refractivity contribution in [1.82, 2.24) is 5.32 Å². The van der Waals surface area contributed by atoms with Gasteiger partial charge in [-0.3, -0.25) is 0 Å². The Morgan fingerprint density at radius 3 is 1.68 bits per heavy atom. The number of benzene rings is 1. The van der Waals surface area contributed by atoms with Gasteiger partial charge in [-0.25, -0.2) is 0 Å². The Kier molecular flexibility index (Phi) is 8.45. The molecule has 0 radical (unpaired) electrons. The molecule has 0 amide bonds. The third-order valence-electron chi connectivity index (χ3n) is 6.42. The summed E-state index contributed by atoms with van der Waals surface area (Å²) >= 11 is 0. The molecule has 1 aromatic rings. The summed E-state index contributed by atoms with van der Waals surface area (Å²) < 4.78 is 24.4. The average Bonchev–Trinajstić information content (AvgIpc) is 3.10. The summed E-state index contributed by atoms with van der Waals surface area (Å²) in [5, 5.41) is 3.49. The van der Waals surface area contributed by atoms with E-state index in [1.54, 1.807) is 27.7 Å². The van der Waals surface area contributed by atoms with E-state index in [4.69, 9.17) is 18.1 Å². The van der Waals surface area contributed by atoms with E-state index in [-0.39, 0.29) is 0 Å². The zero-order valence-corrected chi connectivity index (χ0v) is 22.3. The van der Waals surface area contributed by atoms with Crippen molar-refractivity contribution in [1.29, 1.82) is 0 Å². The summed E-state index contributed by atoms with van der Waals surface area (Å²) in [6.45, 7) is 9.34. The molecule has 34 heavy (non-hydrogen) atoms. The van der Waals surface area contributed by atoms with E-state index in [9.17, 15) is 9.59 Å². The van der Waals surface area contributed by atoms with Crippen LogP contribution in [-0.2, 0) is 27.7 Å². The molecule has 1 unspecified atom stereocenters. The topological polar surface area (TPSA) is 83.1 Å². The van der Waals surface area contributed by atoms with Crippen LogP contribution in [0.5, 0.6) is 0 Å². The molecular formula is C26H42NO6P. The summed E-state index contributed by atoms with van der Waals surface area (Å²) in [7, 11) is -4.70. The quantitative estimate of drug-likeness (QED) is 0.240. The van der Waals surface area contributed by atoms with Crippen molar-refractivity contribution < 1.29 is 27.7 Å². The van der Waals surface area contributed by atoms with Crippen LogP contribution in [0.4, 0.5) is 0 Å². The van der Waals surface area contributed by atoms with E-state index in [1.165, 1.54) is 44.9 Å². The number of carbonyl (C=O) groups is 2. The summed E-state index contributed by atoms with van der Waals surface area (Å²) in [6, 6.07) is 9.50. The Morgan fingerprint density at radius 1 is 0.765 bits per heavy atom. The van der Waals surface area contributed by atoms with E-state index in [1.807, 2.05) is 30.3 Å². The van der Waals surface area contributed by atoms with Gasteiger partial charge < -0.3 is 0 Å². The molecule has 1 atom stereocenters. The van der Waals surface area contributed by atoms with E-state index >= 15 is 0 Å². The molecule has 7 nitrogen and oxygen atoms in total. The molecule has 2 aliphatic rings. The second kappa shape index (κ2) is 10.6. The van der Waals surface area contributed by atoms with Crippen LogP contribution < -0.4 is 5.32 Å². The Morgan fingerprint density at radius 2 is 1.24 bits per heavy atom. The Hall–Kier alpha value is -1.53. The van der Waals surface area contributed by atoms with E-state index in [0.717, 1.165) is 18.4 Å². The minimum atomic E-state index is -4.70. The molecule has 2 saturated heterocycles. The first-order valence-electron chi connectivity index (χ1n) is 12.8. The third kappa shape index (κ3) is 5.64. The van der Waals surface area contributed by atoms with E-state index in [0.29, 0.717) is 6.54 Å². The predicted molar refractivity (Wildman–Crippen MR) is 134 cm³/mol. The Bertz CT molecular complexity index is 820. The SMILES string of the molecule is CCCCCCCCCCCNC(c1ccccc1)P12(OC(=O)C(C)(C)O1)OC(=O)C(C)(C)O2. The van der Waals surface area contributed by atoms with E-state index < -0.39 is 36.4 Å².